The molecule has 0 radical (unpaired) electrons. The first kappa shape index (κ1) is 9.99. The molecular weight excluding hydrogens is 242 g/mol. The van der Waals surface area contributed by atoms with E-state index in [4.69, 9.17) is 5.73 Å². The van der Waals surface area contributed by atoms with Gasteiger partial charge in [0.05, 0.1) is 0 Å². The smallest absolute Gasteiger partial charge is 0.120 e. The normalized spacial score (nSPS) is 26.7. The average Bonchev–Trinajstić information content (AvgIpc) is 2.52. The largest absolute Gasteiger partial charge is 0.508 e. The lowest BCUT2D eigenvalue weighted by molar-refractivity contribution is 0.455. The van der Waals surface area contributed by atoms with E-state index in [1.807, 2.05) is 12.1 Å². The molecule has 0 aliphatic heterocycles. The number of nitrogens with two attached hydrogens (primary N) is 1. The number of halogens is 1. The van der Waals surface area contributed by atoms with Gasteiger partial charge in [-0.05, 0) is 25.0 Å². The summed E-state index contributed by atoms with van der Waals surface area (Å²) < 4.78 is 0.972. The van der Waals surface area contributed by atoms with Gasteiger partial charge in [-0.3, -0.25) is 0 Å². The lowest BCUT2D eigenvalue weighted by atomic mass is 9.94. The van der Waals surface area contributed by atoms with Crippen LogP contribution in [0.5, 0.6) is 5.75 Å². The van der Waals surface area contributed by atoms with Crippen LogP contribution in [0.15, 0.2) is 22.7 Å². The van der Waals surface area contributed by atoms with Gasteiger partial charge in [-0.1, -0.05) is 28.4 Å². The summed E-state index contributed by atoms with van der Waals surface area (Å²) in [6.07, 6.45) is 3.30. The zero-order valence-electron chi connectivity index (χ0n) is 7.91. The molecule has 14 heavy (non-hydrogen) atoms. The van der Waals surface area contributed by atoms with E-state index in [2.05, 4.69) is 15.9 Å². The van der Waals surface area contributed by atoms with Crippen molar-refractivity contribution < 1.29 is 5.11 Å². The van der Waals surface area contributed by atoms with Crippen LogP contribution in [-0.2, 0) is 0 Å². The van der Waals surface area contributed by atoms with E-state index >= 15 is 0 Å². The molecule has 3 N–H and O–H groups in total. The van der Waals surface area contributed by atoms with E-state index < -0.39 is 0 Å². The molecule has 2 nitrogen and oxygen atoms in total. The number of phenols is 1. The van der Waals surface area contributed by atoms with Gasteiger partial charge in [0.25, 0.3) is 0 Å². The molecule has 76 valence electrons. The molecule has 1 aliphatic rings. The van der Waals surface area contributed by atoms with Crippen molar-refractivity contribution in [3.8, 4) is 5.75 Å². The van der Waals surface area contributed by atoms with Crippen LogP contribution in [-0.4, -0.2) is 11.1 Å². The number of hydrogen-bond acceptors (Lipinski definition) is 2. The summed E-state index contributed by atoms with van der Waals surface area (Å²) in [7, 11) is 0. The van der Waals surface area contributed by atoms with Crippen molar-refractivity contribution in [2.24, 2.45) is 5.73 Å². The van der Waals surface area contributed by atoms with Crippen molar-refractivity contribution in [1.29, 1.82) is 0 Å². The highest BCUT2D eigenvalue weighted by molar-refractivity contribution is 9.10. The molecule has 0 spiro atoms. The third kappa shape index (κ3) is 1.66. The number of hydrogen-bond donors (Lipinski definition) is 2. The van der Waals surface area contributed by atoms with Gasteiger partial charge in [0.1, 0.15) is 5.75 Å². The number of rotatable bonds is 1. The van der Waals surface area contributed by atoms with Gasteiger partial charge >= 0.3 is 0 Å². The maximum Gasteiger partial charge on any atom is 0.120 e. The minimum atomic E-state index is 0.194. The van der Waals surface area contributed by atoms with Gasteiger partial charge in [-0.2, -0.15) is 0 Å². The van der Waals surface area contributed by atoms with Crippen LogP contribution in [0.3, 0.4) is 0 Å². The first-order chi connectivity index (χ1) is 6.70. The van der Waals surface area contributed by atoms with Gasteiger partial charge in [0.15, 0.2) is 0 Å². The van der Waals surface area contributed by atoms with E-state index in [1.165, 1.54) is 0 Å². The molecule has 0 bridgehead atoms. The highest BCUT2D eigenvalue weighted by Gasteiger charge is 2.28. The molecule has 1 aliphatic carbocycles. The molecule has 3 heteroatoms. The fourth-order valence-electron chi connectivity index (χ4n) is 2.24. The summed E-state index contributed by atoms with van der Waals surface area (Å²) in [6, 6.07) is 5.72. The Kier molecular flexibility index (Phi) is 2.79. The molecule has 0 amide bonds. The lowest BCUT2D eigenvalue weighted by Crippen LogP contribution is -2.23. The van der Waals surface area contributed by atoms with Crippen molar-refractivity contribution in [1.82, 2.24) is 0 Å². The fraction of sp³-hybridized carbons (Fsp3) is 0.455. The summed E-state index contributed by atoms with van der Waals surface area (Å²) in [6.45, 7) is 0. The van der Waals surface area contributed by atoms with Crippen LogP contribution < -0.4 is 5.73 Å². The highest BCUT2D eigenvalue weighted by Crippen LogP contribution is 2.41. The second-order valence-electron chi connectivity index (χ2n) is 3.87. The Balaban J connectivity index is 2.39. The van der Waals surface area contributed by atoms with Gasteiger partial charge < -0.3 is 10.8 Å². The van der Waals surface area contributed by atoms with Crippen LogP contribution in [0.4, 0.5) is 0 Å². The van der Waals surface area contributed by atoms with E-state index in [-0.39, 0.29) is 6.04 Å². The summed E-state index contributed by atoms with van der Waals surface area (Å²) in [5.41, 5.74) is 7.00. The van der Waals surface area contributed by atoms with E-state index in [9.17, 15) is 5.11 Å². The van der Waals surface area contributed by atoms with Gasteiger partial charge in [-0.25, -0.2) is 0 Å². The maximum absolute atomic E-state index is 9.78. The molecule has 0 heterocycles. The molecule has 1 aromatic rings. The standard InChI is InChI=1S/C11H14BrNO/c12-8-4-2-6-10(14)11(8)7-3-1-5-9(7)13/h2,4,6-7,9,14H,1,3,5,13H2. The molecule has 1 fully saturated rings. The summed E-state index contributed by atoms with van der Waals surface area (Å²) >= 11 is 3.47. The van der Waals surface area contributed by atoms with Crippen LogP contribution in [0.2, 0.25) is 0 Å². The summed E-state index contributed by atoms with van der Waals surface area (Å²) in [4.78, 5) is 0. The Labute approximate surface area is 92.3 Å². The van der Waals surface area contributed by atoms with Crippen molar-refractivity contribution in [2.45, 2.75) is 31.2 Å². The van der Waals surface area contributed by atoms with Crippen molar-refractivity contribution >= 4 is 15.9 Å². The Hall–Kier alpha value is -0.540. The zero-order chi connectivity index (χ0) is 10.1. The molecule has 0 aromatic heterocycles. The molecule has 2 atom stereocenters. The Morgan fingerprint density at radius 3 is 2.71 bits per heavy atom. The van der Waals surface area contributed by atoms with Crippen LogP contribution in [0, 0.1) is 0 Å². The van der Waals surface area contributed by atoms with Gasteiger partial charge in [0, 0.05) is 22.0 Å². The van der Waals surface area contributed by atoms with Crippen molar-refractivity contribution in [3.63, 3.8) is 0 Å². The van der Waals surface area contributed by atoms with Gasteiger partial charge in [-0.15, -0.1) is 0 Å². The van der Waals surface area contributed by atoms with Crippen LogP contribution in [0.1, 0.15) is 30.7 Å². The number of benzene rings is 1. The second-order valence-corrected chi connectivity index (χ2v) is 4.73. The van der Waals surface area contributed by atoms with E-state index in [0.29, 0.717) is 11.7 Å². The van der Waals surface area contributed by atoms with Crippen molar-refractivity contribution in [2.75, 3.05) is 0 Å². The lowest BCUT2D eigenvalue weighted by Gasteiger charge is -2.18. The minimum Gasteiger partial charge on any atom is -0.508 e. The average molecular weight is 256 g/mol. The number of phenolic OH excluding ortho intramolecular Hbond substituents is 1. The second kappa shape index (κ2) is 3.91. The van der Waals surface area contributed by atoms with Crippen LogP contribution in [0.25, 0.3) is 0 Å². The SMILES string of the molecule is NC1CCCC1c1c(O)cccc1Br. The van der Waals surface area contributed by atoms with E-state index in [1.54, 1.807) is 6.07 Å². The first-order valence-electron chi connectivity index (χ1n) is 4.93. The Morgan fingerprint density at radius 1 is 1.36 bits per heavy atom. The maximum atomic E-state index is 9.78. The number of aromatic hydroxyl groups is 1. The summed E-state index contributed by atoms with van der Waals surface area (Å²) in [5, 5.41) is 9.78. The molecule has 2 unspecified atom stereocenters. The first-order valence-corrected chi connectivity index (χ1v) is 5.72. The Bertz CT molecular complexity index is 320. The van der Waals surface area contributed by atoms with Crippen molar-refractivity contribution in [3.05, 3.63) is 28.2 Å². The molecule has 0 saturated heterocycles. The minimum absolute atomic E-state index is 0.194. The van der Waals surface area contributed by atoms with Crippen LogP contribution >= 0.6 is 15.9 Å². The van der Waals surface area contributed by atoms with E-state index in [0.717, 1.165) is 29.3 Å². The predicted molar refractivity (Wildman–Crippen MR) is 60.4 cm³/mol. The predicted octanol–water partition coefficient (Wildman–Crippen LogP) is 2.75. The monoisotopic (exact) mass is 255 g/mol. The van der Waals surface area contributed by atoms with Gasteiger partial charge in [0.2, 0.25) is 0 Å². The molecule has 1 aromatic carbocycles. The zero-order valence-corrected chi connectivity index (χ0v) is 9.50. The topological polar surface area (TPSA) is 46.2 Å². The fourth-order valence-corrected chi connectivity index (χ4v) is 2.89. The highest BCUT2D eigenvalue weighted by atomic mass is 79.9. The summed E-state index contributed by atoms with van der Waals surface area (Å²) in [5.74, 6) is 0.673. The Morgan fingerprint density at radius 2 is 2.14 bits per heavy atom. The quantitative estimate of drug-likeness (QED) is 0.811. The molecular formula is C11H14BrNO. The third-order valence-corrected chi connectivity index (χ3v) is 3.66. The third-order valence-electron chi connectivity index (χ3n) is 2.97. The molecule has 1 saturated carbocycles. The molecule has 2 rings (SSSR count).